The van der Waals surface area contributed by atoms with Gasteiger partial charge in [-0.05, 0) is 32.4 Å². The van der Waals surface area contributed by atoms with Crippen molar-refractivity contribution in [3.63, 3.8) is 0 Å². The van der Waals surface area contributed by atoms with E-state index in [-0.39, 0.29) is 18.4 Å². The van der Waals surface area contributed by atoms with E-state index in [0.717, 1.165) is 0 Å². The first-order chi connectivity index (χ1) is 9.00. The van der Waals surface area contributed by atoms with Crippen LogP contribution in [0.5, 0.6) is 0 Å². The van der Waals surface area contributed by atoms with Crippen molar-refractivity contribution in [1.29, 1.82) is 0 Å². The number of aliphatic carboxylic acids is 1. The topological polar surface area (TPSA) is 91.3 Å². The van der Waals surface area contributed by atoms with Gasteiger partial charge in [-0.2, -0.15) is 0 Å². The molecule has 0 atom stereocenters. The SMILES string of the molecule is CC(C)Nc1ncccc1C(=O)NCCCC(=O)O. The number of pyridine rings is 1. The van der Waals surface area contributed by atoms with Crippen molar-refractivity contribution in [1.82, 2.24) is 10.3 Å². The van der Waals surface area contributed by atoms with Crippen molar-refractivity contribution in [2.45, 2.75) is 32.7 Å². The number of hydrogen-bond acceptors (Lipinski definition) is 4. The summed E-state index contributed by atoms with van der Waals surface area (Å²) in [4.78, 5) is 26.4. The Labute approximate surface area is 112 Å². The summed E-state index contributed by atoms with van der Waals surface area (Å²) in [5.74, 6) is -0.576. The normalized spacial score (nSPS) is 10.3. The average molecular weight is 265 g/mol. The highest BCUT2D eigenvalue weighted by molar-refractivity contribution is 5.98. The Bertz CT molecular complexity index is 447. The largest absolute Gasteiger partial charge is 0.481 e. The third-order valence-corrected chi connectivity index (χ3v) is 2.33. The number of carbonyl (C=O) groups excluding carboxylic acids is 1. The van der Waals surface area contributed by atoms with Crippen molar-refractivity contribution in [3.05, 3.63) is 23.9 Å². The van der Waals surface area contributed by atoms with Crippen LogP contribution in [0.2, 0.25) is 0 Å². The molecule has 104 valence electrons. The predicted molar refractivity (Wildman–Crippen MR) is 72.2 cm³/mol. The Kier molecular flexibility index (Phi) is 5.78. The number of carbonyl (C=O) groups is 2. The van der Waals surface area contributed by atoms with Crippen LogP contribution in [0.1, 0.15) is 37.0 Å². The number of rotatable bonds is 7. The summed E-state index contributed by atoms with van der Waals surface area (Å²) >= 11 is 0. The number of carboxylic acids is 1. The fourth-order valence-electron chi connectivity index (χ4n) is 1.51. The van der Waals surface area contributed by atoms with E-state index in [4.69, 9.17) is 5.11 Å². The molecule has 3 N–H and O–H groups in total. The van der Waals surface area contributed by atoms with Gasteiger partial charge in [0, 0.05) is 25.2 Å². The maximum absolute atomic E-state index is 12.0. The van der Waals surface area contributed by atoms with E-state index in [2.05, 4.69) is 15.6 Å². The van der Waals surface area contributed by atoms with Crippen LogP contribution in [0.3, 0.4) is 0 Å². The van der Waals surface area contributed by atoms with E-state index in [1.165, 1.54) is 0 Å². The fourth-order valence-corrected chi connectivity index (χ4v) is 1.51. The van der Waals surface area contributed by atoms with Crippen LogP contribution in [-0.4, -0.2) is 34.6 Å². The van der Waals surface area contributed by atoms with Gasteiger partial charge < -0.3 is 15.7 Å². The van der Waals surface area contributed by atoms with Crippen LogP contribution in [-0.2, 0) is 4.79 Å². The molecule has 0 radical (unpaired) electrons. The summed E-state index contributed by atoms with van der Waals surface area (Å²) in [6.45, 7) is 4.26. The Morgan fingerprint density at radius 1 is 1.42 bits per heavy atom. The number of nitrogens with one attached hydrogen (secondary N) is 2. The lowest BCUT2D eigenvalue weighted by atomic mass is 10.2. The molecule has 1 heterocycles. The molecule has 0 aliphatic rings. The van der Waals surface area contributed by atoms with Crippen molar-refractivity contribution in [2.24, 2.45) is 0 Å². The zero-order valence-corrected chi connectivity index (χ0v) is 11.1. The third kappa shape index (κ3) is 5.37. The number of aromatic nitrogens is 1. The van der Waals surface area contributed by atoms with Crippen LogP contribution >= 0.6 is 0 Å². The van der Waals surface area contributed by atoms with Gasteiger partial charge in [0.05, 0.1) is 5.56 Å². The first-order valence-electron chi connectivity index (χ1n) is 6.22. The zero-order chi connectivity index (χ0) is 14.3. The zero-order valence-electron chi connectivity index (χ0n) is 11.1. The highest BCUT2D eigenvalue weighted by atomic mass is 16.4. The van der Waals surface area contributed by atoms with E-state index in [0.29, 0.717) is 24.3 Å². The highest BCUT2D eigenvalue weighted by Crippen LogP contribution is 2.12. The van der Waals surface area contributed by atoms with Crippen LogP contribution in [0.15, 0.2) is 18.3 Å². The van der Waals surface area contributed by atoms with Gasteiger partial charge in [0.15, 0.2) is 0 Å². The minimum atomic E-state index is -0.863. The molecule has 1 amide bonds. The van der Waals surface area contributed by atoms with Crippen LogP contribution < -0.4 is 10.6 Å². The van der Waals surface area contributed by atoms with E-state index in [1.54, 1.807) is 18.3 Å². The van der Waals surface area contributed by atoms with Crippen molar-refractivity contribution >= 4 is 17.7 Å². The van der Waals surface area contributed by atoms with Gasteiger partial charge in [-0.15, -0.1) is 0 Å². The number of amides is 1. The minimum absolute atomic E-state index is 0.0461. The molecule has 0 fully saturated rings. The summed E-state index contributed by atoms with van der Waals surface area (Å²) in [6, 6.07) is 3.55. The summed E-state index contributed by atoms with van der Waals surface area (Å²) in [5.41, 5.74) is 0.464. The molecule has 1 aromatic rings. The quantitative estimate of drug-likeness (QED) is 0.650. The van der Waals surface area contributed by atoms with Gasteiger partial charge in [-0.25, -0.2) is 4.98 Å². The molecule has 0 spiro atoms. The molecule has 0 saturated heterocycles. The lowest BCUT2D eigenvalue weighted by molar-refractivity contribution is -0.137. The van der Waals surface area contributed by atoms with Gasteiger partial charge in [0.2, 0.25) is 0 Å². The Morgan fingerprint density at radius 3 is 2.79 bits per heavy atom. The number of carboxylic acid groups (broad SMARTS) is 1. The first-order valence-corrected chi connectivity index (χ1v) is 6.22. The second kappa shape index (κ2) is 7.35. The lowest BCUT2D eigenvalue weighted by Gasteiger charge is -2.13. The van der Waals surface area contributed by atoms with Gasteiger partial charge in [-0.1, -0.05) is 0 Å². The monoisotopic (exact) mass is 265 g/mol. The summed E-state index contributed by atoms with van der Waals surface area (Å²) in [5, 5.41) is 14.3. The standard InChI is InChI=1S/C13H19N3O3/c1-9(2)16-12-10(5-3-7-14-12)13(19)15-8-4-6-11(17)18/h3,5,7,9H,4,6,8H2,1-2H3,(H,14,16)(H,15,19)(H,17,18). The Balaban J connectivity index is 2.58. The van der Waals surface area contributed by atoms with Gasteiger partial charge in [-0.3, -0.25) is 9.59 Å². The number of nitrogens with zero attached hydrogens (tertiary/aromatic N) is 1. The average Bonchev–Trinajstić information content (AvgIpc) is 2.34. The second-order valence-corrected chi connectivity index (χ2v) is 4.45. The molecule has 0 aliphatic heterocycles. The molecule has 0 aliphatic carbocycles. The lowest BCUT2D eigenvalue weighted by Crippen LogP contribution is -2.26. The molecule has 0 saturated carbocycles. The fraction of sp³-hybridized carbons (Fsp3) is 0.462. The smallest absolute Gasteiger partial charge is 0.303 e. The van der Waals surface area contributed by atoms with Gasteiger partial charge in [0.1, 0.15) is 5.82 Å². The Morgan fingerprint density at radius 2 is 2.16 bits per heavy atom. The molecule has 1 rings (SSSR count). The van der Waals surface area contributed by atoms with E-state index in [1.807, 2.05) is 13.8 Å². The summed E-state index contributed by atoms with van der Waals surface area (Å²) in [7, 11) is 0. The summed E-state index contributed by atoms with van der Waals surface area (Å²) in [6.07, 6.45) is 2.07. The van der Waals surface area contributed by atoms with E-state index >= 15 is 0 Å². The number of hydrogen-bond donors (Lipinski definition) is 3. The van der Waals surface area contributed by atoms with Crippen molar-refractivity contribution in [2.75, 3.05) is 11.9 Å². The van der Waals surface area contributed by atoms with Gasteiger partial charge in [0.25, 0.3) is 5.91 Å². The second-order valence-electron chi connectivity index (χ2n) is 4.45. The van der Waals surface area contributed by atoms with Crippen molar-refractivity contribution in [3.8, 4) is 0 Å². The molecule has 19 heavy (non-hydrogen) atoms. The maximum atomic E-state index is 12.0. The molecule has 0 unspecified atom stereocenters. The van der Waals surface area contributed by atoms with Crippen LogP contribution in [0, 0.1) is 0 Å². The Hall–Kier alpha value is -2.11. The number of anilines is 1. The van der Waals surface area contributed by atoms with Crippen LogP contribution in [0.25, 0.3) is 0 Å². The molecule has 1 aromatic heterocycles. The third-order valence-electron chi connectivity index (χ3n) is 2.33. The summed E-state index contributed by atoms with van der Waals surface area (Å²) < 4.78 is 0. The first kappa shape index (κ1) is 14.9. The predicted octanol–water partition coefficient (Wildman–Crippen LogP) is 1.50. The molecule has 0 bridgehead atoms. The molecule has 6 heteroatoms. The molecular weight excluding hydrogens is 246 g/mol. The molecule has 6 nitrogen and oxygen atoms in total. The van der Waals surface area contributed by atoms with Crippen molar-refractivity contribution < 1.29 is 14.7 Å². The molecule has 0 aromatic carbocycles. The molecular formula is C13H19N3O3. The highest BCUT2D eigenvalue weighted by Gasteiger charge is 2.12. The maximum Gasteiger partial charge on any atom is 0.303 e. The van der Waals surface area contributed by atoms with Crippen LogP contribution in [0.4, 0.5) is 5.82 Å². The minimum Gasteiger partial charge on any atom is -0.481 e. The van der Waals surface area contributed by atoms with E-state index < -0.39 is 5.97 Å². The van der Waals surface area contributed by atoms with E-state index in [9.17, 15) is 9.59 Å². The van der Waals surface area contributed by atoms with Gasteiger partial charge >= 0.3 is 5.97 Å².